The van der Waals surface area contributed by atoms with E-state index in [0.29, 0.717) is 0 Å². The van der Waals surface area contributed by atoms with Crippen LogP contribution >= 0.6 is 0 Å². The van der Waals surface area contributed by atoms with Crippen molar-refractivity contribution in [3.8, 4) is 17.7 Å². The van der Waals surface area contributed by atoms with Gasteiger partial charge in [0.1, 0.15) is 22.9 Å². The lowest BCUT2D eigenvalue weighted by Gasteiger charge is -2.07. The van der Waals surface area contributed by atoms with Crippen molar-refractivity contribution in [1.82, 2.24) is 4.98 Å². The molecule has 0 atom stereocenters. The molecule has 0 radical (unpaired) electrons. The number of pyridine rings is 1. The molecule has 0 aliphatic heterocycles. The van der Waals surface area contributed by atoms with E-state index < -0.39 is 16.6 Å². The summed E-state index contributed by atoms with van der Waals surface area (Å²) >= 11 is 0. The highest BCUT2D eigenvalue weighted by molar-refractivity contribution is 5.94. The molecule has 0 saturated carbocycles. The van der Waals surface area contributed by atoms with Crippen LogP contribution in [0.3, 0.4) is 0 Å². The van der Waals surface area contributed by atoms with Crippen LogP contribution in [-0.4, -0.2) is 23.0 Å². The molecule has 8 heteroatoms. The number of benzene rings is 1. The molecule has 0 amide bonds. The van der Waals surface area contributed by atoms with Crippen LogP contribution in [0.4, 0.5) is 5.69 Å². The molecule has 110 valence electrons. The van der Waals surface area contributed by atoms with Crippen molar-refractivity contribution < 1.29 is 19.2 Å². The summed E-state index contributed by atoms with van der Waals surface area (Å²) in [7, 11) is 1.12. The number of rotatable bonds is 4. The molecule has 0 aliphatic carbocycles. The second-order valence-corrected chi connectivity index (χ2v) is 4.00. The van der Waals surface area contributed by atoms with Gasteiger partial charge >= 0.3 is 5.97 Å². The maximum absolute atomic E-state index is 11.6. The quantitative estimate of drug-likeness (QED) is 0.483. The number of aromatic nitrogens is 1. The number of methoxy groups -OCH3 is 1. The third-order valence-electron chi connectivity index (χ3n) is 2.68. The van der Waals surface area contributed by atoms with Crippen LogP contribution in [-0.2, 0) is 4.74 Å². The average molecular weight is 299 g/mol. The number of nitrogens with zero attached hydrogens (tertiary/aromatic N) is 3. The summed E-state index contributed by atoms with van der Waals surface area (Å²) in [5.74, 6) is -0.699. The number of nitro groups is 1. The first-order valence-corrected chi connectivity index (χ1v) is 5.96. The Morgan fingerprint density at radius 2 is 2.18 bits per heavy atom. The minimum Gasteiger partial charge on any atom is -0.465 e. The second-order valence-electron chi connectivity index (χ2n) is 4.00. The number of ether oxygens (including phenoxy) is 2. The first-order chi connectivity index (χ1) is 10.6. The monoisotopic (exact) mass is 299 g/mol. The lowest BCUT2D eigenvalue weighted by atomic mass is 10.1. The summed E-state index contributed by atoms with van der Waals surface area (Å²) in [6.45, 7) is 0. The Labute approximate surface area is 124 Å². The molecule has 0 unspecified atom stereocenters. The van der Waals surface area contributed by atoms with E-state index in [4.69, 9.17) is 10.00 Å². The van der Waals surface area contributed by atoms with E-state index in [1.165, 1.54) is 24.4 Å². The zero-order chi connectivity index (χ0) is 16.1. The fourth-order valence-electron chi connectivity index (χ4n) is 1.68. The Kier molecular flexibility index (Phi) is 4.29. The van der Waals surface area contributed by atoms with E-state index >= 15 is 0 Å². The predicted molar refractivity (Wildman–Crippen MR) is 73.5 cm³/mol. The standard InChI is InChI=1S/C14H9N3O5/c1-21-14(18)11-7-10(4-5-12(11)17(19)20)22-13-9(8-15)3-2-6-16-13/h2-7H,1H3. The summed E-state index contributed by atoms with van der Waals surface area (Å²) < 4.78 is 9.92. The van der Waals surface area contributed by atoms with E-state index in [1.54, 1.807) is 6.07 Å². The van der Waals surface area contributed by atoms with Crippen molar-refractivity contribution in [2.45, 2.75) is 0 Å². The SMILES string of the molecule is COC(=O)c1cc(Oc2ncccc2C#N)ccc1[N+](=O)[O-]. The number of hydrogen-bond acceptors (Lipinski definition) is 7. The zero-order valence-electron chi connectivity index (χ0n) is 11.3. The molecule has 1 aromatic heterocycles. The van der Waals surface area contributed by atoms with Crippen LogP contribution in [0.5, 0.6) is 11.6 Å². The molecule has 22 heavy (non-hydrogen) atoms. The highest BCUT2D eigenvalue weighted by Gasteiger charge is 2.22. The molecule has 2 aromatic rings. The number of hydrogen-bond donors (Lipinski definition) is 0. The highest BCUT2D eigenvalue weighted by Crippen LogP contribution is 2.28. The molecular formula is C14H9N3O5. The number of esters is 1. The molecule has 0 bridgehead atoms. The minimum absolute atomic E-state index is 0.0367. The van der Waals surface area contributed by atoms with E-state index in [9.17, 15) is 14.9 Å². The summed E-state index contributed by atoms with van der Waals surface area (Å²) in [4.78, 5) is 25.7. The average Bonchev–Trinajstić information content (AvgIpc) is 2.54. The number of nitro benzene ring substituents is 1. The van der Waals surface area contributed by atoms with Crippen molar-refractivity contribution in [3.63, 3.8) is 0 Å². The Morgan fingerprint density at radius 1 is 1.41 bits per heavy atom. The van der Waals surface area contributed by atoms with Gasteiger partial charge in [-0.05, 0) is 18.2 Å². The Morgan fingerprint density at radius 3 is 2.82 bits per heavy atom. The van der Waals surface area contributed by atoms with Crippen molar-refractivity contribution in [2.75, 3.05) is 7.11 Å². The lowest BCUT2D eigenvalue weighted by Crippen LogP contribution is -2.06. The second kappa shape index (κ2) is 6.32. The van der Waals surface area contributed by atoms with Crippen LogP contribution in [0.2, 0.25) is 0 Å². The van der Waals surface area contributed by atoms with E-state index in [0.717, 1.165) is 13.2 Å². The number of carbonyl (C=O) groups excluding carboxylic acids is 1. The van der Waals surface area contributed by atoms with Gasteiger partial charge in [0, 0.05) is 18.3 Å². The Hall–Kier alpha value is -3.47. The molecule has 0 N–H and O–H groups in total. The molecule has 0 aliphatic rings. The molecular weight excluding hydrogens is 290 g/mol. The normalized spacial score (nSPS) is 9.64. The van der Waals surface area contributed by atoms with Crippen molar-refractivity contribution in [2.24, 2.45) is 0 Å². The molecule has 8 nitrogen and oxygen atoms in total. The third kappa shape index (κ3) is 2.99. The van der Waals surface area contributed by atoms with Gasteiger partial charge in [0.15, 0.2) is 0 Å². The van der Waals surface area contributed by atoms with Crippen molar-refractivity contribution >= 4 is 11.7 Å². The summed E-state index contributed by atoms with van der Waals surface area (Å²) in [6.07, 6.45) is 1.43. The maximum Gasteiger partial charge on any atom is 0.345 e. The smallest absolute Gasteiger partial charge is 0.345 e. The first kappa shape index (κ1) is 14.9. The lowest BCUT2D eigenvalue weighted by molar-refractivity contribution is -0.385. The minimum atomic E-state index is -0.862. The fraction of sp³-hybridized carbons (Fsp3) is 0.0714. The van der Waals surface area contributed by atoms with Crippen LogP contribution in [0.1, 0.15) is 15.9 Å². The van der Waals surface area contributed by atoms with Gasteiger partial charge in [0.25, 0.3) is 5.69 Å². The van der Waals surface area contributed by atoms with Gasteiger partial charge in [0.05, 0.1) is 12.0 Å². The molecule has 0 spiro atoms. The number of carbonyl (C=O) groups is 1. The summed E-state index contributed by atoms with van der Waals surface area (Å²) in [6, 6.07) is 8.58. The third-order valence-corrected chi connectivity index (χ3v) is 2.68. The Bertz CT molecular complexity index is 782. The van der Waals surface area contributed by atoms with Crippen molar-refractivity contribution in [3.05, 3.63) is 57.8 Å². The van der Waals surface area contributed by atoms with Crippen LogP contribution < -0.4 is 4.74 Å². The predicted octanol–water partition coefficient (Wildman–Crippen LogP) is 2.44. The van der Waals surface area contributed by atoms with Crippen LogP contribution in [0, 0.1) is 21.4 Å². The van der Waals surface area contributed by atoms with Gasteiger partial charge in [0.2, 0.25) is 5.88 Å². The van der Waals surface area contributed by atoms with Gasteiger partial charge in [-0.25, -0.2) is 9.78 Å². The largest absolute Gasteiger partial charge is 0.465 e. The van der Waals surface area contributed by atoms with Gasteiger partial charge in [-0.1, -0.05) is 0 Å². The molecule has 2 rings (SSSR count). The maximum atomic E-state index is 11.6. The zero-order valence-corrected chi connectivity index (χ0v) is 11.3. The van der Waals surface area contributed by atoms with E-state index in [1.807, 2.05) is 6.07 Å². The molecule has 1 heterocycles. The first-order valence-electron chi connectivity index (χ1n) is 5.96. The molecule has 0 saturated heterocycles. The van der Waals surface area contributed by atoms with Gasteiger partial charge < -0.3 is 9.47 Å². The highest BCUT2D eigenvalue weighted by atomic mass is 16.6. The summed E-state index contributed by atoms with van der Waals surface area (Å²) in [5, 5.41) is 19.9. The van der Waals surface area contributed by atoms with Crippen molar-refractivity contribution in [1.29, 1.82) is 5.26 Å². The van der Waals surface area contributed by atoms with Gasteiger partial charge in [-0.2, -0.15) is 5.26 Å². The molecule has 0 fully saturated rings. The van der Waals surface area contributed by atoms with E-state index in [-0.39, 0.29) is 22.8 Å². The fourth-order valence-corrected chi connectivity index (χ4v) is 1.68. The molecule has 1 aromatic carbocycles. The number of nitriles is 1. The summed E-state index contributed by atoms with van der Waals surface area (Å²) in [5.41, 5.74) is -0.458. The van der Waals surface area contributed by atoms with Crippen LogP contribution in [0.25, 0.3) is 0 Å². The van der Waals surface area contributed by atoms with Crippen LogP contribution in [0.15, 0.2) is 36.5 Å². The topological polar surface area (TPSA) is 115 Å². The van der Waals surface area contributed by atoms with E-state index in [2.05, 4.69) is 9.72 Å². The van der Waals surface area contributed by atoms with Gasteiger partial charge in [-0.15, -0.1) is 0 Å². The Balaban J connectivity index is 2.43. The van der Waals surface area contributed by atoms with Gasteiger partial charge in [-0.3, -0.25) is 10.1 Å².